The van der Waals surface area contributed by atoms with Gasteiger partial charge in [0.25, 0.3) is 5.91 Å². The number of hydrogen-bond acceptors (Lipinski definition) is 4. The van der Waals surface area contributed by atoms with Crippen molar-refractivity contribution in [2.75, 3.05) is 11.9 Å². The fourth-order valence-corrected chi connectivity index (χ4v) is 3.73. The predicted molar refractivity (Wildman–Crippen MR) is 116 cm³/mol. The summed E-state index contributed by atoms with van der Waals surface area (Å²) < 4.78 is 18.8. The number of para-hydroxylation sites is 1. The topological polar surface area (TPSA) is 100 Å². The maximum absolute atomic E-state index is 13.3. The Morgan fingerprint density at radius 2 is 1.84 bits per heavy atom. The highest BCUT2D eigenvalue weighted by Crippen LogP contribution is 2.28. The molecule has 7 nitrogen and oxygen atoms in total. The van der Waals surface area contributed by atoms with Crippen LogP contribution in [-0.4, -0.2) is 30.3 Å². The van der Waals surface area contributed by atoms with Gasteiger partial charge in [-0.1, -0.05) is 24.3 Å². The van der Waals surface area contributed by atoms with E-state index in [2.05, 4.69) is 16.0 Å². The normalized spacial score (nSPS) is 16.3. The molecular formula is C24H22FN3O4. The molecule has 1 aromatic heterocycles. The van der Waals surface area contributed by atoms with Gasteiger partial charge in [0.05, 0.1) is 23.9 Å². The average Bonchev–Trinajstić information content (AvgIpc) is 3.28. The van der Waals surface area contributed by atoms with E-state index in [-0.39, 0.29) is 24.1 Å². The summed E-state index contributed by atoms with van der Waals surface area (Å²) in [6, 6.07) is 15.4. The molecule has 32 heavy (non-hydrogen) atoms. The van der Waals surface area contributed by atoms with Gasteiger partial charge in [0.1, 0.15) is 17.6 Å². The van der Waals surface area contributed by atoms with E-state index in [1.807, 2.05) is 6.07 Å². The van der Waals surface area contributed by atoms with Crippen molar-refractivity contribution in [1.29, 1.82) is 0 Å². The van der Waals surface area contributed by atoms with Crippen LogP contribution in [0.15, 0.2) is 71.3 Å². The van der Waals surface area contributed by atoms with E-state index >= 15 is 0 Å². The monoisotopic (exact) mass is 435 g/mol. The van der Waals surface area contributed by atoms with Crippen molar-refractivity contribution in [2.24, 2.45) is 0 Å². The van der Waals surface area contributed by atoms with Crippen molar-refractivity contribution in [3.63, 3.8) is 0 Å². The van der Waals surface area contributed by atoms with Gasteiger partial charge in [-0.2, -0.15) is 0 Å². The summed E-state index contributed by atoms with van der Waals surface area (Å²) in [7, 11) is 0. The smallest absolute Gasteiger partial charge is 0.254 e. The summed E-state index contributed by atoms with van der Waals surface area (Å²) in [6.07, 6.45) is 1.89. The Labute approximate surface area is 184 Å². The lowest BCUT2D eigenvalue weighted by Gasteiger charge is -2.17. The van der Waals surface area contributed by atoms with E-state index in [1.54, 1.807) is 48.7 Å². The number of amides is 3. The quantitative estimate of drug-likeness (QED) is 0.531. The van der Waals surface area contributed by atoms with Gasteiger partial charge in [0.2, 0.25) is 11.8 Å². The molecule has 0 spiro atoms. The lowest BCUT2D eigenvalue weighted by atomic mass is 9.93. The zero-order valence-electron chi connectivity index (χ0n) is 17.1. The summed E-state index contributed by atoms with van der Waals surface area (Å²) in [4.78, 5) is 37.3. The fraction of sp³-hybridized carbons (Fsp3) is 0.208. The molecule has 0 aliphatic carbocycles. The fourth-order valence-electron chi connectivity index (χ4n) is 3.73. The van der Waals surface area contributed by atoms with Crippen LogP contribution in [0.3, 0.4) is 0 Å². The summed E-state index contributed by atoms with van der Waals surface area (Å²) >= 11 is 0. The Bertz CT molecular complexity index is 1110. The van der Waals surface area contributed by atoms with Crippen LogP contribution in [0.25, 0.3) is 0 Å². The second-order valence-corrected chi connectivity index (χ2v) is 7.52. The zero-order valence-corrected chi connectivity index (χ0v) is 17.1. The molecule has 3 amide bonds. The minimum absolute atomic E-state index is 0.165. The van der Waals surface area contributed by atoms with Gasteiger partial charge in [0.15, 0.2) is 0 Å². The molecule has 0 fully saturated rings. The highest BCUT2D eigenvalue weighted by Gasteiger charge is 2.29. The highest BCUT2D eigenvalue weighted by atomic mass is 19.1. The van der Waals surface area contributed by atoms with E-state index < -0.39 is 17.9 Å². The summed E-state index contributed by atoms with van der Waals surface area (Å²) in [5, 5.41) is 8.08. The van der Waals surface area contributed by atoms with Crippen LogP contribution in [0.2, 0.25) is 0 Å². The first-order valence-corrected chi connectivity index (χ1v) is 10.3. The van der Waals surface area contributed by atoms with Crippen LogP contribution in [0.1, 0.15) is 40.4 Å². The summed E-state index contributed by atoms with van der Waals surface area (Å²) in [6.45, 7) is 0.310. The summed E-state index contributed by atoms with van der Waals surface area (Å²) in [5.74, 6) is -1.01. The van der Waals surface area contributed by atoms with Gasteiger partial charge < -0.3 is 20.4 Å². The Hall–Kier alpha value is -3.94. The van der Waals surface area contributed by atoms with Crippen molar-refractivity contribution in [3.05, 3.63) is 89.6 Å². The van der Waals surface area contributed by atoms with Gasteiger partial charge in [-0.05, 0) is 48.4 Å². The Balaban J connectivity index is 1.35. The minimum atomic E-state index is -0.979. The number of carbonyl (C=O) groups is 3. The molecule has 164 valence electrons. The Morgan fingerprint density at radius 3 is 2.59 bits per heavy atom. The zero-order chi connectivity index (χ0) is 22.5. The van der Waals surface area contributed by atoms with Crippen LogP contribution >= 0.6 is 0 Å². The lowest BCUT2D eigenvalue weighted by Crippen LogP contribution is -2.44. The standard InChI is InChI=1S/C24H22FN3O4/c25-16-9-7-15(8-10-16)17(21-6-3-13-32-21)11-12-26-22(29)14-20-24(31)27-19-5-2-1-4-18(19)23(30)28-20/h1-10,13,17,20H,11-12,14H2,(H,26,29)(H,27,31)(H,28,30)/t17-,20+/m0/s1. The molecule has 8 heteroatoms. The molecule has 0 bridgehead atoms. The molecule has 4 rings (SSSR count). The van der Waals surface area contributed by atoms with Gasteiger partial charge in [-0.3, -0.25) is 14.4 Å². The molecule has 2 atom stereocenters. The molecule has 2 aromatic carbocycles. The molecule has 0 saturated heterocycles. The van der Waals surface area contributed by atoms with Crippen molar-refractivity contribution < 1.29 is 23.2 Å². The number of furan rings is 1. The number of hydrogen-bond donors (Lipinski definition) is 3. The number of nitrogens with one attached hydrogen (secondary N) is 3. The van der Waals surface area contributed by atoms with E-state index in [0.29, 0.717) is 30.0 Å². The number of fused-ring (bicyclic) bond motifs is 1. The first-order chi connectivity index (χ1) is 15.5. The third-order valence-corrected chi connectivity index (χ3v) is 5.36. The maximum Gasteiger partial charge on any atom is 0.254 e. The second kappa shape index (κ2) is 9.47. The maximum atomic E-state index is 13.3. The molecule has 0 saturated carbocycles. The largest absolute Gasteiger partial charge is 0.469 e. The predicted octanol–water partition coefficient (Wildman–Crippen LogP) is 3.20. The SMILES string of the molecule is O=C(C[C@H]1NC(=O)c2ccccc2NC1=O)NCC[C@@H](c1ccc(F)cc1)c1ccco1. The van der Waals surface area contributed by atoms with E-state index in [4.69, 9.17) is 4.42 Å². The number of rotatable bonds is 7. The number of anilines is 1. The van der Waals surface area contributed by atoms with Gasteiger partial charge in [-0.15, -0.1) is 0 Å². The van der Waals surface area contributed by atoms with Crippen LogP contribution < -0.4 is 16.0 Å². The molecule has 3 aromatic rings. The van der Waals surface area contributed by atoms with Gasteiger partial charge in [-0.25, -0.2) is 4.39 Å². The molecular weight excluding hydrogens is 413 g/mol. The third kappa shape index (κ3) is 4.85. The van der Waals surface area contributed by atoms with Crippen LogP contribution in [0.5, 0.6) is 0 Å². The summed E-state index contributed by atoms with van der Waals surface area (Å²) in [5.41, 5.74) is 1.63. The van der Waals surface area contributed by atoms with Gasteiger partial charge >= 0.3 is 0 Å². The average molecular weight is 435 g/mol. The second-order valence-electron chi connectivity index (χ2n) is 7.52. The Kier molecular flexibility index (Phi) is 6.30. The number of carbonyl (C=O) groups excluding carboxylic acids is 3. The lowest BCUT2D eigenvalue weighted by molar-refractivity contribution is -0.125. The van der Waals surface area contributed by atoms with Crippen LogP contribution in [0, 0.1) is 5.82 Å². The van der Waals surface area contributed by atoms with E-state index in [1.165, 1.54) is 12.1 Å². The van der Waals surface area contributed by atoms with Crippen molar-refractivity contribution >= 4 is 23.4 Å². The van der Waals surface area contributed by atoms with Gasteiger partial charge in [0, 0.05) is 12.5 Å². The highest BCUT2D eigenvalue weighted by molar-refractivity contribution is 6.10. The van der Waals surface area contributed by atoms with Crippen LogP contribution in [0.4, 0.5) is 10.1 Å². The minimum Gasteiger partial charge on any atom is -0.469 e. The first-order valence-electron chi connectivity index (χ1n) is 10.3. The molecule has 1 aliphatic rings. The molecule has 1 aliphatic heterocycles. The molecule has 3 N–H and O–H groups in total. The third-order valence-electron chi connectivity index (χ3n) is 5.36. The van der Waals surface area contributed by atoms with E-state index in [9.17, 15) is 18.8 Å². The number of benzene rings is 2. The number of halogens is 1. The van der Waals surface area contributed by atoms with Crippen molar-refractivity contribution in [1.82, 2.24) is 10.6 Å². The van der Waals surface area contributed by atoms with Crippen LogP contribution in [-0.2, 0) is 9.59 Å². The van der Waals surface area contributed by atoms with Crippen molar-refractivity contribution in [2.45, 2.75) is 24.8 Å². The Morgan fingerprint density at radius 1 is 1.06 bits per heavy atom. The molecule has 2 heterocycles. The molecule has 0 unspecified atom stereocenters. The van der Waals surface area contributed by atoms with Crippen molar-refractivity contribution in [3.8, 4) is 0 Å². The first kappa shape index (κ1) is 21.3. The molecule has 0 radical (unpaired) electrons. The van der Waals surface area contributed by atoms with E-state index in [0.717, 1.165) is 5.56 Å².